The van der Waals surface area contributed by atoms with Gasteiger partial charge in [0.15, 0.2) is 0 Å². The van der Waals surface area contributed by atoms with E-state index in [1.54, 1.807) is 34.0 Å². The molecule has 1 aliphatic rings. The molecule has 1 atom stereocenters. The summed E-state index contributed by atoms with van der Waals surface area (Å²) in [6.45, 7) is 5.38. The normalized spacial score (nSPS) is 18.0. The minimum absolute atomic E-state index is 0.248. The van der Waals surface area contributed by atoms with Crippen LogP contribution in [0.15, 0.2) is 16.7 Å². The van der Waals surface area contributed by atoms with E-state index in [2.05, 4.69) is 26.2 Å². The summed E-state index contributed by atoms with van der Waals surface area (Å²) in [5.41, 5.74) is 0.352. The van der Waals surface area contributed by atoms with Crippen LogP contribution in [-0.4, -0.2) is 40.6 Å². The predicted molar refractivity (Wildman–Crippen MR) is 86.7 cm³/mol. The Morgan fingerprint density at radius 1 is 1.50 bits per heavy atom. The maximum Gasteiger partial charge on any atom is 0.410 e. The van der Waals surface area contributed by atoms with Gasteiger partial charge in [-0.1, -0.05) is 0 Å². The number of fused-ring (bicyclic) bond motifs is 1. The summed E-state index contributed by atoms with van der Waals surface area (Å²) in [7, 11) is 1.58. The lowest BCUT2D eigenvalue weighted by Crippen LogP contribution is -2.46. The summed E-state index contributed by atoms with van der Waals surface area (Å²) in [4.78, 5) is 30.1. The maximum atomic E-state index is 12.4. The number of nitrogens with one attached hydrogen (secondary N) is 1. The molecule has 7 heteroatoms. The number of carbonyl (C=O) groups is 2. The molecule has 2 rings (SSSR count). The van der Waals surface area contributed by atoms with E-state index >= 15 is 0 Å². The number of pyridine rings is 1. The van der Waals surface area contributed by atoms with Crippen LogP contribution in [0.25, 0.3) is 0 Å². The fourth-order valence-electron chi connectivity index (χ4n) is 2.24. The van der Waals surface area contributed by atoms with E-state index in [1.807, 2.05) is 6.07 Å². The van der Waals surface area contributed by atoms with Crippen LogP contribution in [0.4, 0.5) is 10.6 Å². The van der Waals surface area contributed by atoms with Crippen molar-refractivity contribution in [2.75, 3.05) is 12.4 Å². The second-order valence-corrected chi connectivity index (χ2v) is 7.21. The summed E-state index contributed by atoms with van der Waals surface area (Å²) < 4.78 is 6.18. The topological polar surface area (TPSA) is 71.5 Å². The van der Waals surface area contributed by atoms with Crippen LogP contribution in [0, 0.1) is 0 Å². The van der Waals surface area contributed by atoms with Crippen molar-refractivity contribution in [3.8, 4) is 0 Å². The zero-order chi connectivity index (χ0) is 16.5. The molecule has 0 radical (unpaired) electrons. The Balaban J connectivity index is 2.14. The van der Waals surface area contributed by atoms with Crippen molar-refractivity contribution < 1.29 is 14.3 Å². The number of aromatic nitrogens is 1. The molecule has 1 aromatic heterocycles. The molecule has 2 heterocycles. The lowest BCUT2D eigenvalue weighted by atomic mass is 10.1. The number of halogens is 1. The number of carbonyl (C=O) groups excluding carboxylic acids is 2. The molecule has 22 heavy (non-hydrogen) atoms. The van der Waals surface area contributed by atoms with Gasteiger partial charge in [0, 0.05) is 17.7 Å². The Labute approximate surface area is 138 Å². The van der Waals surface area contributed by atoms with Gasteiger partial charge < -0.3 is 10.1 Å². The average Bonchev–Trinajstić information content (AvgIpc) is 2.54. The maximum absolute atomic E-state index is 12.4. The molecule has 0 saturated carbocycles. The smallest absolute Gasteiger partial charge is 0.410 e. The Morgan fingerprint density at radius 2 is 2.18 bits per heavy atom. The summed E-state index contributed by atoms with van der Waals surface area (Å²) in [5, 5.41) is 2.78. The van der Waals surface area contributed by atoms with Crippen LogP contribution < -0.4 is 5.32 Å². The van der Waals surface area contributed by atoms with Crippen LogP contribution in [0.3, 0.4) is 0 Å². The zero-order valence-corrected chi connectivity index (χ0v) is 14.7. The molecule has 1 aromatic rings. The van der Waals surface area contributed by atoms with Gasteiger partial charge in [0.2, 0.25) is 5.91 Å². The van der Waals surface area contributed by atoms with E-state index in [0.29, 0.717) is 18.7 Å². The second-order valence-electron chi connectivity index (χ2n) is 6.30. The first-order valence-corrected chi connectivity index (χ1v) is 7.88. The minimum atomic E-state index is -0.595. The van der Waals surface area contributed by atoms with Gasteiger partial charge in [0.05, 0.1) is 0 Å². The SMILES string of the molecule is CN(C(=O)OC(C)(C)C)C1CCc2cc(Br)cnc2NC1=O. The molecule has 0 fully saturated rings. The van der Waals surface area contributed by atoms with Crippen molar-refractivity contribution >= 4 is 33.7 Å². The quantitative estimate of drug-likeness (QED) is 0.825. The fourth-order valence-corrected chi connectivity index (χ4v) is 2.62. The standard InChI is InChI=1S/C15H20BrN3O3/c1-15(2,3)22-14(21)19(4)11-6-5-9-7-10(16)8-17-12(9)18-13(11)20/h7-8,11H,5-6H2,1-4H3,(H,17,18,20). The Hall–Kier alpha value is -1.63. The number of hydrogen-bond acceptors (Lipinski definition) is 4. The number of likely N-dealkylation sites (N-methyl/N-ethyl adjacent to an activating group) is 1. The molecule has 0 saturated heterocycles. The number of nitrogens with zero attached hydrogens (tertiary/aromatic N) is 2. The predicted octanol–water partition coefficient (Wildman–Crippen LogP) is 2.96. The van der Waals surface area contributed by atoms with E-state index in [9.17, 15) is 9.59 Å². The van der Waals surface area contributed by atoms with Crippen molar-refractivity contribution in [1.82, 2.24) is 9.88 Å². The van der Waals surface area contributed by atoms with Crippen molar-refractivity contribution in [2.24, 2.45) is 0 Å². The summed E-state index contributed by atoms with van der Waals surface area (Å²) in [6.07, 6.45) is 2.30. The third-order valence-corrected chi connectivity index (χ3v) is 3.75. The lowest BCUT2D eigenvalue weighted by molar-refractivity contribution is -0.121. The fraction of sp³-hybridized carbons (Fsp3) is 0.533. The number of anilines is 1. The van der Waals surface area contributed by atoms with Crippen molar-refractivity contribution in [3.63, 3.8) is 0 Å². The van der Waals surface area contributed by atoms with E-state index in [-0.39, 0.29) is 5.91 Å². The molecule has 1 aliphatic heterocycles. The van der Waals surface area contributed by atoms with Crippen LogP contribution in [0.1, 0.15) is 32.8 Å². The number of hydrogen-bond donors (Lipinski definition) is 1. The average molecular weight is 370 g/mol. The molecule has 0 aromatic carbocycles. The van der Waals surface area contributed by atoms with Crippen molar-refractivity contribution in [2.45, 2.75) is 45.3 Å². The molecule has 0 spiro atoms. The van der Waals surface area contributed by atoms with E-state index < -0.39 is 17.7 Å². The number of aryl methyl sites for hydroxylation is 1. The Bertz CT molecular complexity index is 598. The first kappa shape index (κ1) is 16.7. The van der Waals surface area contributed by atoms with Crippen LogP contribution in [-0.2, 0) is 16.0 Å². The highest BCUT2D eigenvalue weighted by atomic mass is 79.9. The molecule has 2 amide bonds. The molecular weight excluding hydrogens is 350 g/mol. The van der Waals surface area contributed by atoms with Gasteiger partial charge >= 0.3 is 6.09 Å². The molecular formula is C15H20BrN3O3. The van der Waals surface area contributed by atoms with Gasteiger partial charge in [0.1, 0.15) is 17.5 Å². The van der Waals surface area contributed by atoms with Gasteiger partial charge in [-0.05, 0) is 61.2 Å². The van der Waals surface area contributed by atoms with Gasteiger partial charge in [-0.2, -0.15) is 0 Å². The van der Waals surface area contributed by atoms with Gasteiger partial charge in [-0.3, -0.25) is 9.69 Å². The minimum Gasteiger partial charge on any atom is -0.444 e. The third-order valence-electron chi connectivity index (χ3n) is 3.31. The van der Waals surface area contributed by atoms with E-state index in [0.717, 1.165) is 10.0 Å². The monoisotopic (exact) mass is 369 g/mol. The largest absolute Gasteiger partial charge is 0.444 e. The first-order valence-electron chi connectivity index (χ1n) is 7.08. The Morgan fingerprint density at radius 3 is 2.82 bits per heavy atom. The van der Waals surface area contributed by atoms with Crippen LogP contribution >= 0.6 is 15.9 Å². The highest BCUT2D eigenvalue weighted by Crippen LogP contribution is 2.25. The van der Waals surface area contributed by atoms with E-state index in [1.165, 1.54) is 4.90 Å². The molecule has 0 bridgehead atoms. The first-order chi connectivity index (χ1) is 10.2. The Kier molecular flexibility index (Phi) is 4.75. The second kappa shape index (κ2) is 6.24. The van der Waals surface area contributed by atoms with Gasteiger partial charge in [-0.15, -0.1) is 0 Å². The zero-order valence-electron chi connectivity index (χ0n) is 13.1. The molecule has 1 unspecified atom stereocenters. The lowest BCUT2D eigenvalue weighted by Gasteiger charge is -2.29. The third kappa shape index (κ3) is 3.97. The van der Waals surface area contributed by atoms with E-state index in [4.69, 9.17) is 4.74 Å². The number of ether oxygens (including phenoxy) is 1. The summed E-state index contributed by atoms with van der Waals surface area (Å²) in [6, 6.07) is 1.35. The summed E-state index contributed by atoms with van der Waals surface area (Å²) >= 11 is 3.37. The van der Waals surface area contributed by atoms with Crippen molar-refractivity contribution in [1.29, 1.82) is 0 Å². The molecule has 6 nitrogen and oxygen atoms in total. The number of rotatable bonds is 1. The van der Waals surface area contributed by atoms with Gasteiger partial charge in [0.25, 0.3) is 0 Å². The number of amides is 2. The highest BCUT2D eigenvalue weighted by Gasteiger charge is 2.32. The van der Waals surface area contributed by atoms with Crippen LogP contribution in [0.2, 0.25) is 0 Å². The van der Waals surface area contributed by atoms with Crippen molar-refractivity contribution in [3.05, 3.63) is 22.3 Å². The highest BCUT2D eigenvalue weighted by molar-refractivity contribution is 9.10. The molecule has 1 N–H and O–H groups in total. The van der Waals surface area contributed by atoms with Gasteiger partial charge in [-0.25, -0.2) is 9.78 Å². The van der Waals surface area contributed by atoms with Crippen LogP contribution in [0.5, 0.6) is 0 Å². The summed E-state index contributed by atoms with van der Waals surface area (Å²) in [5.74, 6) is 0.301. The molecule has 0 aliphatic carbocycles. The molecule has 120 valence electrons.